The fourth-order valence-electron chi connectivity index (χ4n) is 0.756. The molecule has 0 radical (unpaired) electrons. The van der Waals surface area contributed by atoms with Crippen molar-refractivity contribution in [2.45, 2.75) is 13.0 Å². The number of hydrogen-bond donors (Lipinski definition) is 1. The fraction of sp³-hybridized carbons (Fsp3) is 0.857. The monoisotopic (exact) mass is 160 g/mol. The Balaban J connectivity index is 3.92. The average Bonchev–Trinajstić information content (AvgIpc) is 1.88. The van der Waals surface area contributed by atoms with Crippen LogP contribution in [0.4, 0.5) is 0 Å². The summed E-state index contributed by atoms with van der Waals surface area (Å²) in [6, 6.07) is -0.310. The lowest BCUT2D eigenvalue weighted by Crippen LogP contribution is -2.42. The van der Waals surface area contributed by atoms with Crippen LogP contribution < -0.4 is 5.73 Å². The third-order valence-corrected chi connectivity index (χ3v) is 1.41. The van der Waals surface area contributed by atoms with Gasteiger partial charge in [-0.1, -0.05) is 0 Å². The second-order valence-corrected chi connectivity index (χ2v) is 2.47. The van der Waals surface area contributed by atoms with Gasteiger partial charge in [-0.05, 0) is 21.0 Å². The Morgan fingerprint density at radius 3 is 2.45 bits per heavy atom. The van der Waals surface area contributed by atoms with E-state index in [0.717, 1.165) is 0 Å². The minimum Gasteiger partial charge on any atom is -0.465 e. The van der Waals surface area contributed by atoms with Crippen LogP contribution in [-0.2, 0) is 9.53 Å². The van der Waals surface area contributed by atoms with Crippen molar-refractivity contribution >= 4 is 5.97 Å². The second-order valence-electron chi connectivity index (χ2n) is 2.47. The molecule has 0 aliphatic heterocycles. The second kappa shape index (κ2) is 5.09. The Morgan fingerprint density at radius 2 is 2.18 bits per heavy atom. The molecule has 0 amide bonds. The first-order valence-electron chi connectivity index (χ1n) is 3.66. The normalized spacial score (nSPS) is 13.2. The van der Waals surface area contributed by atoms with Crippen LogP contribution in [0.2, 0.25) is 0 Å². The van der Waals surface area contributed by atoms with Crippen molar-refractivity contribution < 1.29 is 9.53 Å². The summed E-state index contributed by atoms with van der Waals surface area (Å²) >= 11 is 0. The summed E-state index contributed by atoms with van der Waals surface area (Å²) in [6.07, 6.45) is 0. The van der Waals surface area contributed by atoms with Gasteiger partial charge in [-0.2, -0.15) is 0 Å². The fourth-order valence-corrected chi connectivity index (χ4v) is 0.756. The predicted octanol–water partition coefficient (Wildman–Crippen LogP) is -0.562. The lowest BCUT2D eigenvalue weighted by atomic mass is 10.3. The van der Waals surface area contributed by atoms with Crippen LogP contribution in [0.1, 0.15) is 6.92 Å². The smallest absolute Gasteiger partial charge is 0.324 e. The van der Waals surface area contributed by atoms with Crippen molar-refractivity contribution in [3.63, 3.8) is 0 Å². The number of esters is 1. The lowest BCUT2D eigenvalue weighted by Gasteiger charge is -2.19. The van der Waals surface area contributed by atoms with Crippen molar-refractivity contribution in [2.24, 2.45) is 5.73 Å². The zero-order valence-electron chi connectivity index (χ0n) is 7.33. The number of nitrogens with two attached hydrogens (primary N) is 1. The van der Waals surface area contributed by atoms with Crippen molar-refractivity contribution in [1.82, 2.24) is 4.90 Å². The van der Waals surface area contributed by atoms with Gasteiger partial charge < -0.3 is 10.5 Å². The highest BCUT2D eigenvalue weighted by Crippen LogP contribution is 1.93. The summed E-state index contributed by atoms with van der Waals surface area (Å²) < 4.78 is 4.80. The third-order valence-electron chi connectivity index (χ3n) is 1.41. The average molecular weight is 160 g/mol. The number of nitrogens with zero attached hydrogens (tertiary/aromatic N) is 1. The quantitative estimate of drug-likeness (QED) is 0.560. The summed E-state index contributed by atoms with van der Waals surface area (Å²) in [5, 5.41) is 0. The van der Waals surface area contributed by atoms with Crippen LogP contribution in [0.3, 0.4) is 0 Å². The molecule has 2 N–H and O–H groups in total. The van der Waals surface area contributed by atoms with Crippen molar-refractivity contribution in [3.05, 3.63) is 0 Å². The van der Waals surface area contributed by atoms with E-state index in [-0.39, 0.29) is 12.0 Å². The maximum absolute atomic E-state index is 11.1. The summed E-state index contributed by atoms with van der Waals surface area (Å²) in [5.74, 6) is -0.250. The Kier molecular flexibility index (Phi) is 4.81. The van der Waals surface area contributed by atoms with Gasteiger partial charge in [-0.25, -0.2) is 0 Å². The van der Waals surface area contributed by atoms with Gasteiger partial charge in [0.25, 0.3) is 0 Å². The molecule has 0 saturated heterocycles. The van der Waals surface area contributed by atoms with Crippen molar-refractivity contribution in [1.29, 1.82) is 0 Å². The highest BCUT2D eigenvalue weighted by Gasteiger charge is 2.19. The van der Waals surface area contributed by atoms with Crippen LogP contribution in [-0.4, -0.2) is 44.2 Å². The van der Waals surface area contributed by atoms with E-state index in [1.165, 1.54) is 0 Å². The molecule has 0 fully saturated rings. The van der Waals surface area contributed by atoms with Crippen LogP contribution in [0, 0.1) is 0 Å². The van der Waals surface area contributed by atoms with Crippen molar-refractivity contribution in [3.8, 4) is 0 Å². The Hall–Kier alpha value is -0.610. The topological polar surface area (TPSA) is 55.6 Å². The first-order chi connectivity index (χ1) is 5.13. The molecule has 0 saturated carbocycles. The van der Waals surface area contributed by atoms with Crippen molar-refractivity contribution in [2.75, 3.05) is 27.2 Å². The lowest BCUT2D eigenvalue weighted by molar-refractivity contribution is -0.148. The SMILES string of the molecule is CCOC(=O)[C@H](CN)N(C)C. The first-order valence-corrected chi connectivity index (χ1v) is 3.66. The maximum Gasteiger partial charge on any atom is 0.324 e. The summed E-state index contributed by atoms with van der Waals surface area (Å²) in [7, 11) is 3.60. The summed E-state index contributed by atoms with van der Waals surface area (Å²) in [5.41, 5.74) is 5.36. The van der Waals surface area contributed by atoms with E-state index in [1.807, 2.05) is 0 Å². The minimum atomic E-state index is -0.310. The first kappa shape index (κ1) is 10.4. The maximum atomic E-state index is 11.1. The molecule has 0 spiro atoms. The molecule has 1 atom stereocenters. The van der Waals surface area contributed by atoms with E-state index in [9.17, 15) is 4.79 Å². The van der Waals surface area contributed by atoms with E-state index < -0.39 is 0 Å². The molecule has 66 valence electrons. The molecule has 0 aromatic heterocycles. The Morgan fingerprint density at radius 1 is 1.64 bits per heavy atom. The van der Waals surface area contributed by atoms with Gasteiger partial charge in [0.1, 0.15) is 6.04 Å². The molecular formula is C7H16N2O2. The molecule has 0 bridgehead atoms. The molecule has 0 heterocycles. The van der Waals surface area contributed by atoms with E-state index in [2.05, 4.69) is 0 Å². The van der Waals surface area contributed by atoms with Gasteiger partial charge in [-0.15, -0.1) is 0 Å². The Bertz CT molecular complexity index is 126. The third kappa shape index (κ3) is 3.34. The van der Waals surface area contributed by atoms with Gasteiger partial charge in [-0.3, -0.25) is 9.69 Å². The number of likely N-dealkylation sites (N-methyl/N-ethyl adjacent to an activating group) is 1. The highest BCUT2D eigenvalue weighted by molar-refractivity contribution is 5.75. The predicted molar refractivity (Wildman–Crippen MR) is 43.2 cm³/mol. The molecular weight excluding hydrogens is 144 g/mol. The van der Waals surface area contributed by atoms with Crippen LogP contribution in [0.25, 0.3) is 0 Å². The van der Waals surface area contributed by atoms with Gasteiger partial charge in [0.15, 0.2) is 0 Å². The van der Waals surface area contributed by atoms with E-state index in [1.54, 1.807) is 25.9 Å². The van der Waals surface area contributed by atoms with Gasteiger partial charge in [0.05, 0.1) is 6.61 Å². The highest BCUT2D eigenvalue weighted by atomic mass is 16.5. The molecule has 11 heavy (non-hydrogen) atoms. The van der Waals surface area contributed by atoms with E-state index >= 15 is 0 Å². The van der Waals surface area contributed by atoms with Gasteiger partial charge >= 0.3 is 5.97 Å². The molecule has 0 unspecified atom stereocenters. The molecule has 0 rings (SSSR count). The molecule has 0 aliphatic rings. The number of hydrogen-bond acceptors (Lipinski definition) is 4. The van der Waals surface area contributed by atoms with Crippen LogP contribution in [0.15, 0.2) is 0 Å². The number of ether oxygens (including phenoxy) is 1. The standard InChI is InChI=1S/C7H16N2O2/c1-4-11-7(10)6(5-8)9(2)3/h6H,4-5,8H2,1-3H3/t6-/m0/s1. The van der Waals surface area contributed by atoms with E-state index in [0.29, 0.717) is 13.2 Å². The van der Waals surface area contributed by atoms with Crippen LogP contribution in [0.5, 0.6) is 0 Å². The summed E-state index contributed by atoms with van der Waals surface area (Å²) in [6.45, 7) is 2.48. The zero-order valence-corrected chi connectivity index (χ0v) is 7.33. The molecule has 0 aromatic carbocycles. The van der Waals surface area contributed by atoms with Gasteiger partial charge in [0, 0.05) is 6.54 Å². The number of rotatable bonds is 4. The van der Waals surface area contributed by atoms with Gasteiger partial charge in [0.2, 0.25) is 0 Å². The Labute approximate surface area is 67.3 Å². The summed E-state index contributed by atoms with van der Waals surface area (Å²) in [4.78, 5) is 12.8. The van der Waals surface area contributed by atoms with Crippen LogP contribution >= 0.6 is 0 Å². The minimum absolute atomic E-state index is 0.250. The largest absolute Gasteiger partial charge is 0.465 e. The molecule has 0 aromatic rings. The molecule has 0 aliphatic carbocycles. The zero-order chi connectivity index (χ0) is 8.85. The molecule has 4 heteroatoms. The van der Waals surface area contributed by atoms with E-state index in [4.69, 9.17) is 10.5 Å². The number of carbonyl (C=O) groups is 1. The number of carbonyl (C=O) groups excluding carboxylic acids is 1. The molecule has 4 nitrogen and oxygen atoms in total.